The van der Waals surface area contributed by atoms with Crippen LogP contribution in [0.3, 0.4) is 0 Å². The predicted octanol–water partition coefficient (Wildman–Crippen LogP) is 3.13. The molecule has 1 atom stereocenters. The van der Waals surface area contributed by atoms with Gasteiger partial charge < -0.3 is 5.11 Å². The molecular weight excluding hydrogens is 301 g/mol. The number of hydrogen-bond acceptors (Lipinski definition) is 1. The van der Waals surface area contributed by atoms with Gasteiger partial charge in [-0.1, -0.05) is 28.7 Å². The topological polar surface area (TPSA) is 20.2 Å². The normalized spacial score (nSPS) is 12.9. The highest BCUT2D eigenvalue weighted by molar-refractivity contribution is 14.1. The summed E-state index contributed by atoms with van der Waals surface area (Å²) in [5.74, 6) is -1.04. The molecule has 78 valence electrons. The highest BCUT2D eigenvalue weighted by Gasteiger charge is 2.18. The van der Waals surface area contributed by atoms with Crippen LogP contribution in [0, 0.1) is 18.6 Å². The monoisotopic (exact) mass is 312 g/mol. The Kier molecular flexibility index (Phi) is 4.25. The van der Waals surface area contributed by atoms with Crippen LogP contribution in [0.1, 0.15) is 21.5 Å². The molecular formula is C10H11F2IO. The molecule has 0 spiro atoms. The Balaban J connectivity index is 3.11. The van der Waals surface area contributed by atoms with Crippen LogP contribution in [0.4, 0.5) is 8.78 Å². The van der Waals surface area contributed by atoms with E-state index in [0.29, 0.717) is 12.0 Å². The van der Waals surface area contributed by atoms with Gasteiger partial charge in [0.2, 0.25) is 0 Å². The summed E-state index contributed by atoms with van der Waals surface area (Å²) in [5, 5.41) is 8.70. The lowest BCUT2D eigenvalue weighted by Crippen LogP contribution is -2.02. The maximum atomic E-state index is 13.5. The summed E-state index contributed by atoms with van der Waals surface area (Å²) in [6, 6.07) is 2.67. The molecule has 14 heavy (non-hydrogen) atoms. The number of hydrogen-bond donors (Lipinski definition) is 1. The second-order valence-electron chi connectivity index (χ2n) is 3.07. The Hall–Kier alpha value is -0.230. The first-order valence-electron chi connectivity index (χ1n) is 4.27. The Labute approximate surface area is 95.3 Å². The van der Waals surface area contributed by atoms with E-state index in [9.17, 15) is 8.78 Å². The van der Waals surface area contributed by atoms with Crippen LogP contribution in [0.25, 0.3) is 0 Å². The van der Waals surface area contributed by atoms with E-state index < -0.39 is 11.6 Å². The first-order valence-corrected chi connectivity index (χ1v) is 5.52. The van der Waals surface area contributed by atoms with E-state index >= 15 is 0 Å². The van der Waals surface area contributed by atoms with Gasteiger partial charge >= 0.3 is 0 Å². The van der Waals surface area contributed by atoms with Crippen molar-refractivity contribution in [2.24, 2.45) is 0 Å². The largest absolute Gasteiger partial charge is 0.396 e. The van der Waals surface area contributed by atoms with Crippen molar-refractivity contribution >= 4 is 22.6 Å². The second-order valence-corrected chi connectivity index (χ2v) is 4.58. The smallest absolute Gasteiger partial charge is 0.133 e. The van der Waals surface area contributed by atoms with Crippen molar-refractivity contribution in [1.82, 2.24) is 0 Å². The molecule has 1 aromatic carbocycles. The highest BCUT2D eigenvalue weighted by atomic mass is 127. The number of benzene rings is 1. The summed E-state index contributed by atoms with van der Waals surface area (Å²) in [5.41, 5.74) is 0.501. The lowest BCUT2D eigenvalue weighted by Gasteiger charge is -2.12. The molecule has 0 saturated heterocycles. The van der Waals surface area contributed by atoms with Crippen LogP contribution < -0.4 is 0 Å². The van der Waals surface area contributed by atoms with Gasteiger partial charge in [-0.05, 0) is 25.0 Å². The molecule has 1 nitrogen and oxygen atoms in total. The first kappa shape index (κ1) is 11.8. The van der Waals surface area contributed by atoms with Gasteiger partial charge in [-0.3, -0.25) is 0 Å². The van der Waals surface area contributed by atoms with Gasteiger partial charge in [0.1, 0.15) is 11.6 Å². The summed E-state index contributed by atoms with van der Waals surface area (Å²) < 4.78 is 26.5. The lowest BCUT2D eigenvalue weighted by molar-refractivity contribution is 0.287. The SMILES string of the molecule is Cc1ccc(F)c(C(I)CCO)c1F. The van der Waals surface area contributed by atoms with E-state index in [-0.39, 0.29) is 16.1 Å². The summed E-state index contributed by atoms with van der Waals surface area (Å²) in [6.07, 6.45) is 0.359. The highest BCUT2D eigenvalue weighted by Crippen LogP contribution is 2.32. The van der Waals surface area contributed by atoms with Gasteiger partial charge in [-0.25, -0.2) is 8.78 Å². The van der Waals surface area contributed by atoms with Gasteiger partial charge in [0.05, 0.1) is 0 Å². The maximum absolute atomic E-state index is 13.5. The van der Waals surface area contributed by atoms with Crippen molar-refractivity contribution in [3.63, 3.8) is 0 Å². The van der Waals surface area contributed by atoms with Crippen molar-refractivity contribution in [1.29, 1.82) is 0 Å². The maximum Gasteiger partial charge on any atom is 0.133 e. The number of aliphatic hydroxyl groups is 1. The molecule has 0 bridgehead atoms. The van der Waals surface area contributed by atoms with Gasteiger partial charge in [0.25, 0.3) is 0 Å². The Morgan fingerprint density at radius 3 is 2.64 bits per heavy atom. The number of rotatable bonds is 3. The Bertz CT molecular complexity index is 328. The van der Waals surface area contributed by atoms with Crippen molar-refractivity contribution in [2.75, 3.05) is 6.61 Å². The van der Waals surface area contributed by atoms with E-state index in [4.69, 9.17) is 5.11 Å². The minimum Gasteiger partial charge on any atom is -0.396 e. The molecule has 0 aliphatic rings. The van der Waals surface area contributed by atoms with Crippen LogP contribution in [-0.4, -0.2) is 11.7 Å². The van der Waals surface area contributed by atoms with E-state index in [1.54, 1.807) is 6.92 Å². The predicted molar refractivity (Wildman–Crippen MR) is 59.6 cm³/mol. The fourth-order valence-corrected chi connectivity index (χ4v) is 2.07. The molecule has 0 aliphatic heterocycles. The minimum absolute atomic E-state index is 0.0690. The van der Waals surface area contributed by atoms with Gasteiger partial charge in [-0.2, -0.15) is 0 Å². The van der Waals surface area contributed by atoms with E-state index in [1.165, 1.54) is 12.1 Å². The van der Waals surface area contributed by atoms with E-state index in [2.05, 4.69) is 0 Å². The third kappa shape index (κ3) is 2.42. The third-order valence-electron chi connectivity index (χ3n) is 2.02. The second kappa shape index (κ2) is 5.02. The number of aryl methyl sites for hydroxylation is 1. The zero-order valence-electron chi connectivity index (χ0n) is 7.73. The number of aliphatic hydroxyl groups excluding tert-OH is 1. The van der Waals surface area contributed by atoms with Crippen LogP contribution >= 0.6 is 22.6 Å². The van der Waals surface area contributed by atoms with Crippen molar-refractivity contribution < 1.29 is 13.9 Å². The molecule has 1 aromatic rings. The van der Waals surface area contributed by atoms with E-state index in [1.807, 2.05) is 22.6 Å². The summed E-state index contributed by atoms with van der Waals surface area (Å²) in [4.78, 5) is 0. The van der Waals surface area contributed by atoms with Gasteiger partial charge in [-0.15, -0.1) is 0 Å². The molecule has 0 aromatic heterocycles. The van der Waals surface area contributed by atoms with E-state index in [0.717, 1.165) is 0 Å². The molecule has 0 heterocycles. The molecule has 4 heteroatoms. The molecule has 0 radical (unpaired) electrons. The number of halogens is 3. The Morgan fingerprint density at radius 1 is 1.43 bits per heavy atom. The molecule has 0 aliphatic carbocycles. The number of alkyl halides is 1. The Morgan fingerprint density at radius 2 is 2.07 bits per heavy atom. The summed E-state index contributed by atoms with van der Waals surface area (Å²) >= 11 is 1.94. The zero-order valence-corrected chi connectivity index (χ0v) is 9.88. The average Bonchev–Trinajstić information content (AvgIpc) is 2.13. The fourth-order valence-electron chi connectivity index (χ4n) is 1.22. The molecule has 1 rings (SSSR count). The van der Waals surface area contributed by atoms with Gasteiger partial charge in [0, 0.05) is 16.1 Å². The van der Waals surface area contributed by atoms with Crippen molar-refractivity contribution in [3.8, 4) is 0 Å². The molecule has 1 unspecified atom stereocenters. The quantitative estimate of drug-likeness (QED) is 0.671. The van der Waals surface area contributed by atoms with Gasteiger partial charge in [0.15, 0.2) is 0 Å². The fraction of sp³-hybridized carbons (Fsp3) is 0.400. The molecule has 1 N–H and O–H groups in total. The van der Waals surface area contributed by atoms with Crippen molar-refractivity contribution in [3.05, 3.63) is 34.9 Å². The lowest BCUT2D eigenvalue weighted by atomic mass is 10.1. The molecule has 0 fully saturated rings. The minimum atomic E-state index is -0.541. The molecule has 0 amide bonds. The van der Waals surface area contributed by atoms with Crippen molar-refractivity contribution in [2.45, 2.75) is 17.3 Å². The van der Waals surface area contributed by atoms with Crippen LogP contribution in [0.5, 0.6) is 0 Å². The first-order chi connectivity index (χ1) is 6.57. The summed E-state index contributed by atoms with van der Waals surface area (Å²) in [7, 11) is 0. The average molecular weight is 312 g/mol. The van der Waals surface area contributed by atoms with Crippen LogP contribution in [-0.2, 0) is 0 Å². The molecule has 0 saturated carbocycles. The summed E-state index contributed by atoms with van der Waals surface area (Å²) in [6.45, 7) is 1.53. The van der Waals surface area contributed by atoms with Crippen LogP contribution in [0.2, 0.25) is 0 Å². The van der Waals surface area contributed by atoms with Crippen LogP contribution in [0.15, 0.2) is 12.1 Å². The third-order valence-corrected chi connectivity index (χ3v) is 3.26. The zero-order chi connectivity index (χ0) is 10.7. The standard InChI is InChI=1S/C10H11F2IO/c1-6-2-3-7(11)9(10(6)12)8(13)4-5-14/h2-3,8,14H,4-5H2,1H3.